The second-order valence-electron chi connectivity index (χ2n) is 5.64. The SMILES string of the molecule is C=CCCCN(C)C(=NCc1ccc(NCCOC)cc1)NCC.I. The maximum atomic E-state index is 5.04. The molecule has 0 saturated heterocycles. The van der Waals surface area contributed by atoms with Crippen LogP contribution in [0.4, 0.5) is 5.69 Å². The zero-order valence-electron chi connectivity index (χ0n) is 15.8. The van der Waals surface area contributed by atoms with Crippen molar-refractivity contribution in [2.75, 3.05) is 45.7 Å². The van der Waals surface area contributed by atoms with Gasteiger partial charge in [0.15, 0.2) is 5.96 Å². The van der Waals surface area contributed by atoms with Gasteiger partial charge in [-0.15, -0.1) is 30.6 Å². The van der Waals surface area contributed by atoms with Crippen molar-refractivity contribution >= 4 is 35.6 Å². The molecule has 0 amide bonds. The average Bonchev–Trinajstić information content (AvgIpc) is 2.60. The second-order valence-corrected chi connectivity index (χ2v) is 5.64. The van der Waals surface area contributed by atoms with Crippen LogP contribution in [0.2, 0.25) is 0 Å². The molecule has 0 aliphatic rings. The molecular weight excluding hydrogens is 427 g/mol. The van der Waals surface area contributed by atoms with Gasteiger partial charge in [0, 0.05) is 39.5 Å². The average molecular weight is 460 g/mol. The van der Waals surface area contributed by atoms with Crippen LogP contribution >= 0.6 is 24.0 Å². The van der Waals surface area contributed by atoms with Gasteiger partial charge in [-0.2, -0.15) is 0 Å². The van der Waals surface area contributed by atoms with Crippen LogP contribution in [-0.4, -0.2) is 51.3 Å². The maximum absolute atomic E-state index is 5.04. The Hall–Kier alpha value is -1.28. The summed E-state index contributed by atoms with van der Waals surface area (Å²) < 4.78 is 5.04. The van der Waals surface area contributed by atoms with Gasteiger partial charge in [0.1, 0.15) is 0 Å². The normalized spacial score (nSPS) is 10.8. The smallest absolute Gasteiger partial charge is 0.193 e. The highest BCUT2D eigenvalue weighted by Crippen LogP contribution is 2.10. The number of rotatable bonds is 11. The van der Waals surface area contributed by atoms with Crippen LogP contribution in [0.1, 0.15) is 25.3 Å². The molecule has 1 aromatic carbocycles. The first-order valence-corrected chi connectivity index (χ1v) is 8.63. The number of hydrogen-bond acceptors (Lipinski definition) is 3. The first kappa shape index (κ1) is 23.7. The molecule has 0 unspecified atom stereocenters. The lowest BCUT2D eigenvalue weighted by Crippen LogP contribution is -2.39. The molecule has 0 radical (unpaired) electrons. The van der Waals surface area contributed by atoms with E-state index in [2.05, 4.69) is 60.3 Å². The second kappa shape index (κ2) is 15.0. The summed E-state index contributed by atoms with van der Waals surface area (Å²) in [6.07, 6.45) is 4.08. The molecule has 25 heavy (non-hydrogen) atoms. The predicted octanol–water partition coefficient (Wildman–Crippen LogP) is 3.73. The molecule has 0 fully saturated rings. The lowest BCUT2D eigenvalue weighted by atomic mass is 10.2. The van der Waals surface area contributed by atoms with E-state index in [0.717, 1.165) is 44.1 Å². The van der Waals surface area contributed by atoms with E-state index < -0.39 is 0 Å². The molecule has 5 nitrogen and oxygen atoms in total. The Morgan fingerprint density at radius 2 is 2.04 bits per heavy atom. The largest absolute Gasteiger partial charge is 0.383 e. The first-order valence-electron chi connectivity index (χ1n) is 8.63. The lowest BCUT2D eigenvalue weighted by molar-refractivity contribution is 0.211. The zero-order chi connectivity index (χ0) is 17.6. The summed E-state index contributed by atoms with van der Waals surface area (Å²) in [7, 11) is 3.78. The first-order chi connectivity index (χ1) is 11.7. The van der Waals surface area contributed by atoms with Crippen molar-refractivity contribution in [3.05, 3.63) is 42.5 Å². The van der Waals surface area contributed by atoms with Gasteiger partial charge in [0.2, 0.25) is 0 Å². The van der Waals surface area contributed by atoms with Crippen LogP contribution < -0.4 is 10.6 Å². The van der Waals surface area contributed by atoms with E-state index in [1.54, 1.807) is 7.11 Å². The van der Waals surface area contributed by atoms with Crippen molar-refractivity contribution in [3.8, 4) is 0 Å². The molecule has 0 spiro atoms. The van der Waals surface area contributed by atoms with Crippen LogP contribution in [0.5, 0.6) is 0 Å². The quantitative estimate of drug-likeness (QED) is 0.174. The van der Waals surface area contributed by atoms with Crippen molar-refractivity contribution in [1.82, 2.24) is 10.2 Å². The van der Waals surface area contributed by atoms with Crippen molar-refractivity contribution < 1.29 is 4.74 Å². The Labute approximate surface area is 169 Å². The van der Waals surface area contributed by atoms with E-state index in [1.165, 1.54) is 5.56 Å². The number of ether oxygens (including phenoxy) is 1. The van der Waals surface area contributed by atoms with Gasteiger partial charge < -0.3 is 20.3 Å². The predicted molar refractivity (Wildman–Crippen MR) is 119 cm³/mol. The van der Waals surface area contributed by atoms with Gasteiger partial charge in [-0.3, -0.25) is 0 Å². The summed E-state index contributed by atoms with van der Waals surface area (Å²) in [6, 6.07) is 8.39. The number of guanidine groups is 1. The number of aliphatic imine (C=N–C) groups is 1. The number of methoxy groups -OCH3 is 1. The standard InChI is InChI=1S/C19H32N4O.HI/c1-5-7-8-14-23(3)19(20-6-2)22-16-17-9-11-18(12-10-17)21-13-15-24-4;/h5,9-12,21H,1,6-8,13-16H2,2-4H3,(H,20,22);1H. The number of nitrogens with zero attached hydrogens (tertiary/aromatic N) is 2. The number of unbranched alkanes of at least 4 members (excludes halogenated alkanes) is 1. The topological polar surface area (TPSA) is 48.9 Å². The van der Waals surface area contributed by atoms with Crippen LogP contribution in [0.3, 0.4) is 0 Å². The van der Waals surface area contributed by atoms with Crippen molar-refractivity contribution in [2.24, 2.45) is 4.99 Å². The third-order valence-electron chi connectivity index (χ3n) is 3.60. The maximum Gasteiger partial charge on any atom is 0.193 e. The monoisotopic (exact) mass is 460 g/mol. The van der Waals surface area contributed by atoms with E-state index in [9.17, 15) is 0 Å². The summed E-state index contributed by atoms with van der Waals surface area (Å²) in [4.78, 5) is 6.91. The summed E-state index contributed by atoms with van der Waals surface area (Å²) in [5, 5.41) is 6.66. The Morgan fingerprint density at radius 1 is 1.32 bits per heavy atom. The number of halogens is 1. The Kier molecular flexibility index (Phi) is 14.2. The zero-order valence-corrected chi connectivity index (χ0v) is 18.1. The minimum absolute atomic E-state index is 0. The number of allylic oxidation sites excluding steroid dienone is 1. The minimum Gasteiger partial charge on any atom is -0.383 e. The number of hydrogen-bond donors (Lipinski definition) is 2. The fourth-order valence-corrected chi connectivity index (χ4v) is 2.24. The highest BCUT2D eigenvalue weighted by Gasteiger charge is 2.04. The van der Waals surface area contributed by atoms with Crippen LogP contribution in [0.15, 0.2) is 41.9 Å². The fraction of sp³-hybridized carbons (Fsp3) is 0.526. The molecule has 0 aromatic heterocycles. The highest BCUT2D eigenvalue weighted by atomic mass is 127. The summed E-state index contributed by atoms with van der Waals surface area (Å²) in [6.45, 7) is 9.89. The fourth-order valence-electron chi connectivity index (χ4n) is 2.24. The molecule has 0 aliphatic carbocycles. The van der Waals surface area contributed by atoms with Crippen molar-refractivity contribution in [1.29, 1.82) is 0 Å². The molecule has 0 aliphatic heterocycles. The van der Waals surface area contributed by atoms with Gasteiger partial charge in [0.25, 0.3) is 0 Å². The minimum atomic E-state index is 0. The van der Waals surface area contributed by atoms with Crippen LogP contribution in [-0.2, 0) is 11.3 Å². The van der Waals surface area contributed by atoms with Gasteiger partial charge in [-0.05, 0) is 37.5 Å². The molecule has 0 bridgehead atoms. The molecule has 142 valence electrons. The van der Waals surface area contributed by atoms with Crippen LogP contribution in [0, 0.1) is 0 Å². The van der Waals surface area contributed by atoms with Gasteiger partial charge in [0.05, 0.1) is 13.2 Å². The van der Waals surface area contributed by atoms with Gasteiger partial charge in [-0.1, -0.05) is 18.2 Å². The van der Waals surface area contributed by atoms with Gasteiger partial charge in [-0.25, -0.2) is 4.99 Å². The molecule has 2 N–H and O–H groups in total. The van der Waals surface area contributed by atoms with Crippen LogP contribution in [0.25, 0.3) is 0 Å². The van der Waals surface area contributed by atoms with Crippen molar-refractivity contribution in [2.45, 2.75) is 26.3 Å². The lowest BCUT2D eigenvalue weighted by Gasteiger charge is -2.21. The summed E-state index contributed by atoms with van der Waals surface area (Å²) >= 11 is 0. The Balaban J connectivity index is 0.00000576. The molecule has 6 heteroatoms. The highest BCUT2D eigenvalue weighted by molar-refractivity contribution is 14.0. The number of benzene rings is 1. The van der Waals surface area contributed by atoms with Gasteiger partial charge >= 0.3 is 0 Å². The van der Waals surface area contributed by atoms with E-state index in [4.69, 9.17) is 9.73 Å². The van der Waals surface area contributed by atoms with Crippen molar-refractivity contribution in [3.63, 3.8) is 0 Å². The third kappa shape index (κ3) is 10.3. The molecule has 1 rings (SSSR count). The molecule has 1 aromatic rings. The van der Waals surface area contributed by atoms with E-state index in [-0.39, 0.29) is 24.0 Å². The van der Waals surface area contributed by atoms with E-state index >= 15 is 0 Å². The summed E-state index contributed by atoms with van der Waals surface area (Å²) in [5.74, 6) is 0.948. The Bertz CT molecular complexity index is 491. The molecular formula is C19H33IN4O. The summed E-state index contributed by atoms with van der Waals surface area (Å²) in [5.41, 5.74) is 2.30. The van der Waals surface area contributed by atoms with E-state index in [0.29, 0.717) is 13.2 Å². The molecule has 0 atom stereocenters. The number of nitrogens with one attached hydrogen (secondary N) is 2. The molecule has 0 saturated carbocycles. The van der Waals surface area contributed by atoms with E-state index in [1.807, 2.05) is 6.08 Å². The Morgan fingerprint density at radius 3 is 2.64 bits per heavy atom. The molecule has 0 heterocycles. The third-order valence-corrected chi connectivity index (χ3v) is 3.60. The number of anilines is 1.